The first-order valence-electron chi connectivity index (χ1n) is 18.1. The second-order valence-corrected chi connectivity index (χ2v) is 16.8. The zero-order valence-electron chi connectivity index (χ0n) is 29.7. The zero-order valence-corrected chi connectivity index (χ0v) is 31.3. The first-order valence-corrected chi connectivity index (χ1v) is 20.6. The molecule has 14 heteroatoms. The minimum atomic E-state index is -5.51. The third-order valence-corrected chi connectivity index (χ3v) is 13.6. The lowest BCUT2D eigenvalue weighted by Crippen LogP contribution is -2.45. The SMILES string of the molecule is C=C/C=C\C(=C/C)OC(=O)N(CCOc1ccc2c(c1)CC[C@@H]1C2CC[C@@]2(C)C1CC[C@@H]2OCCCOC(C(F)(F)F)C(F)(F)F)[C@H]1CCSSC1. The van der Waals surface area contributed by atoms with Crippen LogP contribution >= 0.6 is 21.6 Å². The van der Waals surface area contributed by atoms with Gasteiger partial charge < -0.3 is 23.8 Å². The van der Waals surface area contributed by atoms with Crippen molar-refractivity contribution in [1.29, 1.82) is 0 Å². The maximum absolute atomic E-state index is 13.3. The summed E-state index contributed by atoms with van der Waals surface area (Å²) in [7, 11) is 3.58. The molecule has 0 spiro atoms. The molecule has 5 rings (SSSR count). The molecular formula is C38H49F6NO5S2. The highest BCUT2D eigenvalue weighted by atomic mass is 33.1. The van der Waals surface area contributed by atoms with E-state index >= 15 is 0 Å². The molecule has 290 valence electrons. The fourth-order valence-electron chi connectivity index (χ4n) is 8.63. The van der Waals surface area contributed by atoms with Crippen LogP contribution in [0, 0.1) is 17.3 Å². The van der Waals surface area contributed by atoms with Gasteiger partial charge in [0.2, 0.25) is 6.10 Å². The van der Waals surface area contributed by atoms with Crippen LogP contribution in [0.3, 0.4) is 0 Å². The Balaban J connectivity index is 1.14. The second kappa shape index (κ2) is 17.9. The molecule has 0 N–H and O–H groups in total. The van der Waals surface area contributed by atoms with E-state index in [2.05, 4.69) is 30.4 Å². The van der Waals surface area contributed by atoms with Crippen molar-refractivity contribution in [3.8, 4) is 5.75 Å². The number of carbonyl (C=O) groups is 1. The summed E-state index contributed by atoms with van der Waals surface area (Å²) in [6.07, 6.45) is -1.96. The monoisotopic (exact) mass is 777 g/mol. The summed E-state index contributed by atoms with van der Waals surface area (Å²) in [5, 5.41) is 0. The van der Waals surface area contributed by atoms with Gasteiger partial charge in [-0.1, -0.05) is 53.3 Å². The largest absolute Gasteiger partial charge is 0.492 e. The highest BCUT2D eigenvalue weighted by molar-refractivity contribution is 8.76. The van der Waals surface area contributed by atoms with E-state index in [0.29, 0.717) is 36.7 Å². The van der Waals surface area contributed by atoms with E-state index in [-0.39, 0.29) is 30.6 Å². The Kier molecular flexibility index (Phi) is 14.1. The van der Waals surface area contributed by atoms with Crippen LogP contribution in [0.2, 0.25) is 0 Å². The predicted octanol–water partition coefficient (Wildman–Crippen LogP) is 10.4. The van der Waals surface area contributed by atoms with Gasteiger partial charge in [-0.2, -0.15) is 26.3 Å². The molecule has 0 radical (unpaired) electrons. The van der Waals surface area contributed by atoms with Gasteiger partial charge in [0.1, 0.15) is 18.1 Å². The van der Waals surface area contributed by atoms with Gasteiger partial charge in [-0.25, -0.2) is 4.79 Å². The molecule has 4 aliphatic rings. The average Bonchev–Trinajstić information content (AvgIpc) is 3.44. The third-order valence-electron chi connectivity index (χ3n) is 11.1. The Labute approximate surface area is 310 Å². The van der Waals surface area contributed by atoms with Crippen molar-refractivity contribution in [1.82, 2.24) is 4.90 Å². The smallest absolute Gasteiger partial charge is 0.423 e. The van der Waals surface area contributed by atoms with Crippen molar-refractivity contribution in [3.05, 3.63) is 66.0 Å². The van der Waals surface area contributed by atoms with Crippen LogP contribution in [0.4, 0.5) is 31.1 Å². The van der Waals surface area contributed by atoms with Crippen LogP contribution in [0.15, 0.2) is 54.8 Å². The summed E-state index contributed by atoms with van der Waals surface area (Å²) >= 11 is 0. The highest BCUT2D eigenvalue weighted by Gasteiger charge is 2.58. The van der Waals surface area contributed by atoms with Crippen LogP contribution in [0.5, 0.6) is 5.75 Å². The summed E-state index contributed by atoms with van der Waals surface area (Å²) in [5.41, 5.74) is 2.54. The zero-order chi connectivity index (χ0) is 37.5. The summed E-state index contributed by atoms with van der Waals surface area (Å²) in [6, 6.07) is 6.41. The number of nitrogens with zero attached hydrogens (tertiary/aromatic N) is 1. The van der Waals surface area contributed by atoms with E-state index < -0.39 is 31.2 Å². The van der Waals surface area contributed by atoms with E-state index in [1.165, 1.54) is 11.1 Å². The van der Waals surface area contributed by atoms with Crippen molar-refractivity contribution in [2.45, 2.75) is 102 Å². The van der Waals surface area contributed by atoms with E-state index in [4.69, 9.17) is 14.2 Å². The fraction of sp³-hybridized carbons (Fsp3) is 0.658. The minimum absolute atomic E-state index is 0.0461. The molecule has 52 heavy (non-hydrogen) atoms. The van der Waals surface area contributed by atoms with E-state index in [0.717, 1.165) is 62.2 Å². The van der Waals surface area contributed by atoms with E-state index in [1.807, 2.05) is 23.8 Å². The summed E-state index contributed by atoms with van der Waals surface area (Å²) in [4.78, 5) is 15.1. The molecular weight excluding hydrogens is 729 g/mol. The topological polar surface area (TPSA) is 57.2 Å². The molecule has 1 aromatic rings. The normalized spacial score (nSPS) is 27.9. The van der Waals surface area contributed by atoms with Gasteiger partial charge in [-0.15, -0.1) is 0 Å². The van der Waals surface area contributed by atoms with Gasteiger partial charge in [0, 0.05) is 30.8 Å². The Bertz CT molecular complexity index is 1420. The Morgan fingerprint density at radius 3 is 2.54 bits per heavy atom. The van der Waals surface area contributed by atoms with Gasteiger partial charge in [-0.3, -0.25) is 0 Å². The van der Waals surface area contributed by atoms with Crippen molar-refractivity contribution in [2.75, 3.05) is 37.9 Å². The lowest BCUT2D eigenvalue weighted by Gasteiger charge is -2.50. The van der Waals surface area contributed by atoms with Crippen LogP contribution in [0.25, 0.3) is 0 Å². The molecule has 3 fully saturated rings. The van der Waals surface area contributed by atoms with Crippen molar-refractivity contribution < 1.29 is 50.1 Å². The molecule has 1 saturated heterocycles. The van der Waals surface area contributed by atoms with Crippen LogP contribution < -0.4 is 4.74 Å². The molecule has 1 aromatic carbocycles. The number of amides is 1. The molecule has 2 saturated carbocycles. The molecule has 0 bridgehead atoms. The lowest BCUT2D eigenvalue weighted by atomic mass is 9.55. The summed E-state index contributed by atoms with van der Waals surface area (Å²) in [5.74, 6) is 4.34. The molecule has 3 aliphatic carbocycles. The number of ether oxygens (including phenoxy) is 4. The van der Waals surface area contributed by atoms with Crippen LogP contribution in [-0.4, -0.2) is 79.5 Å². The van der Waals surface area contributed by atoms with Crippen LogP contribution in [-0.2, 0) is 20.6 Å². The Morgan fingerprint density at radius 1 is 1.06 bits per heavy atom. The van der Waals surface area contributed by atoms with Crippen molar-refractivity contribution in [2.24, 2.45) is 17.3 Å². The summed E-state index contributed by atoms with van der Waals surface area (Å²) < 4.78 is 99.0. The predicted molar refractivity (Wildman–Crippen MR) is 192 cm³/mol. The van der Waals surface area contributed by atoms with E-state index in [9.17, 15) is 31.1 Å². The number of benzene rings is 1. The Hall–Kier alpha value is -2.29. The fourth-order valence-corrected chi connectivity index (χ4v) is 11.1. The van der Waals surface area contributed by atoms with E-state index in [1.54, 1.807) is 40.0 Å². The maximum atomic E-state index is 13.3. The number of aryl methyl sites for hydroxylation is 1. The number of hydrogen-bond acceptors (Lipinski definition) is 7. The molecule has 1 aliphatic heterocycles. The third kappa shape index (κ3) is 9.87. The minimum Gasteiger partial charge on any atom is -0.492 e. The number of alkyl halides is 6. The highest BCUT2D eigenvalue weighted by Crippen LogP contribution is 2.61. The molecule has 1 amide bonds. The Morgan fingerprint density at radius 2 is 1.85 bits per heavy atom. The lowest BCUT2D eigenvalue weighted by molar-refractivity contribution is -0.322. The number of carbonyl (C=O) groups excluding carboxylic acids is 1. The van der Waals surface area contributed by atoms with Crippen molar-refractivity contribution >= 4 is 27.7 Å². The number of fused-ring (bicyclic) bond motifs is 5. The number of hydrogen-bond donors (Lipinski definition) is 0. The number of rotatable bonds is 14. The average molecular weight is 778 g/mol. The molecule has 6 atom stereocenters. The summed E-state index contributed by atoms with van der Waals surface area (Å²) in [6.45, 7) is 7.83. The van der Waals surface area contributed by atoms with Gasteiger partial charge in [0.25, 0.3) is 0 Å². The van der Waals surface area contributed by atoms with Crippen molar-refractivity contribution in [3.63, 3.8) is 0 Å². The maximum Gasteiger partial charge on any atom is 0.423 e. The van der Waals surface area contributed by atoms with Gasteiger partial charge in [0.15, 0.2) is 0 Å². The first kappa shape index (κ1) is 40.9. The molecule has 6 nitrogen and oxygen atoms in total. The molecule has 0 aromatic heterocycles. The second-order valence-electron chi connectivity index (χ2n) is 14.2. The standard InChI is InChI=1S/C38H49F6NO5S2/c1-4-6-8-27(5-2)50-35(46)45(26-16-22-51-52-24-26)18-21-47-28-10-12-29-25(23-28)9-11-31-30(29)15-17-36(3)32(31)13-14-33(36)48-19-7-20-49-34(37(39,40)41)38(42,43)44/h4-6,8,10,12,23,26,30-34H,1,7,9,11,13-22,24H2,2-3H3/b8-6-,27-5+/t26-,30?,31+,32?,33-,36-/m0/s1. The van der Waals surface area contributed by atoms with Gasteiger partial charge in [0.05, 0.1) is 12.6 Å². The van der Waals surface area contributed by atoms with Gasteiger partial charge in [-0.05, 0) is 117 Å². The van der Waals surface area contributed by atoms with Crippen LogP contribution in [0.1, 0.15) is 75.8 Å². The molecule has 2 unspecified atom stereocenters. The first-order chi connectivity index (χ1) is 24.8. The quantitative estimate of drug-likeness (QED) is 0.0613. The number of allylic oxidation sites excluding steroid dienone is 4. The van der Waals surface area contributed by atoms with Gasteiger partial charge >= 0.3 is 18.4 Å². The number of halogens is 6. The molecule has 1 heterocycles.